The molecule has 0 saturated carbocycles. The van der Waals surface area contributed by atoms with E-state index >= 15 is 0 Å². The number of hydrogen-bond acceptors (Lipinski definition) is 4. The van der Waals surface area contributed by atoms with Crippen molar-refractivity contribution in [1.29, 1.82) is 0 Å². The lowest BCUT2D eigenvalue weighted by Gasteiger charge is -2.14. The molecular formula is C15H21NO4. The number of amides is 1. The van der Waals surface area contributed by atoms with Crippen molar-refractivity contribution < 1.29 is 19.1 Å². The standard InChI is InChI=1S/C15H21NO4/c1-3-13(15(18)19-2)16-14(17)10-7-11-20-12-8-5-4-6-9-12/h4-6,8-9,13H,3,7,10-11H2,1-2H3,(H,16,17). The molecule has 1 N–H and O–H groups in total. The Hall–Kier alpha value is -2.04. The van der Waals surface area contributed by atoms with E-state index in [1.54, 1.807) is 0 Å². The first-order valence-electron chi connectivity index (χ1n) is 6.72. The molecule has 0 fully saturated rings. The van der Waals surface area contributed by atoms with Crippen LogP contribution in [-0.2, 0) is 14.3 Å². The van der Waals surface area contributed by atoms with Gasteiger partial charge >= 0.3 is 5.97 Å². The Morgan fingerprint density at radius 3 is 2.55 bits per heavy atom. The van der Waals surface area contributed by atoms with E-state index in [2.05, 4.69) is 10.1 Å². The second-order valence-electron chi connectivity index (χ2n) is 4.32. The molecule has 0 aliphatic carbocycles. The lowest BCUT2D eigenvalue weighted by atomic mass is 10.2. The van der Waals surface area contributed by atoms with Gasteiger partial charge in [0.15, 0.2) is 0 Å². The van der Waals surface area contributed by atoms with Crippen LogP contribution in [0.2, 0.25) is 0 Å². The normalized spacial score (nSPS) is 11.5. The minimum Gasteiger partial charge on any atom is -0.494 e. The monoisotopic (exact) mass is 279 g/mol. The summed E-state index contributed by atoms with van der Waals surface area (Å²) in [4.78, 5) is 23.0. The first kappa shape index (κ1) is 16.0. The maximum absolute atomic E-state index is 11.7. The lowest BCUT2D eigenvalue weighted by Crippen LogP contribution is -2.41. The van der Waals surface area contributed by atoms with Crippen molar-refractivity contribution in [2.24, 2.45) is 0 Å². The van der Waals surface area contributed by atoms with Gasteiger partial charge in [0.05, 0.1) is 13.7 Å². The van der Waals surface area contributed by atoms with E-state index in [0.717, 1.165) is 5.75 Å². The minimum absolute atomic E-state index is 0.168. The molecule has 0 aliphatic heterocycles. The third-order valence-corrected chi connectivity index (χ3v) is 2.79. The molecule has 0 aromatic heterocycles. The summed E-state index contributed by atoms with van der Waals surface area (Å²) in [5.74, 6) is 0.203. The van der Waals surface area contributed by atoms with Crippen molar-refractivity contribution in [3.8, 4) is 5.75 Å². The van der Waals surface area contributed by atoms with Crippen molar-refractivity contribution in [1.82, 2.24) is 5.32 Å². The Labute approximate surface area is 119 Å². The van der Waals surface area contributed by atoms with Crippen molar-refractivity contribution in [3.63, 3.8) is 0 Å². The van der Waals surface area contributed by atoms with Gasteiger partial charge in [-0.05, 0) is 25.0 Å². The van der Waals surface area contributed by atoms with Gasteiger partial charge in [0.2, 0.25) is 5.91 Å². The molecule has 1 aromatic carbocycles. The molecule has 0 bridgehead atoms. The highest BCUT2D eigenvalue weighted by molar-refractivity contribution is 5.84. The molecule has 0 heterocycles. The van der Waals surface area contributed by atoms with Crippen LogP contribution in [0.3, 0.4) is 0 Å². The summed E-state index contributed by atoms with van der Waals surface area (Å²) in [6.45, 7) is 2.28. The maximum atomic E-state index is 11.7. The number of benzene rings is 1. The van der Waals surface area contributed by atoms with Crippen LogP contribution in [0.25, 0.3) is 0 Å². The fraction of sp³-hybridized carbons (Fsp3) is 0.467. The predicted molar refractivity (Wildman–Crippen MR) is 75.4 cm³/mol. The van der Waals surface area contributed by atoms with Crippen molar-refractivity contribution in [2.45, 2.75) is 32.2 Å². The molecule has 0 saturated heterocycles. The van der Waals surface area contributed by atoms with Crippen LogP contribution in [0, 0.1) is 0 Å². The number of methoxy groups -OCH3 is 1. The molecule has 1 unspecified atom stereocenters. The van der Waals surface area contributed by atoms with E-state index in [9.17, 15) is 9.59 Å². The molecule has 1 aromatic rings. The van der Waals surface area contributed by atoms with E-state index in [4.69, 9.17) is 4.74 Å². The topological polar surface area (TPSA) is 64.6 Å². The Bertz CT molecular complexity index is 419. The van der Waals surface area contributed by atoms with Gasteiger partial charge in [-0.2, -0.15) is 0 Å². The zero-order chi connectivity index (χ0) is 14.8. The minimum atomic E-state index is -0.567. The third kappa shape index (κ3) is 5.73. The van der Waals surface area contributed by atoms with E-state index in [1.165, 1.54) is 7.11 Å². The molecular weight excluding hydrogens is 258 g/mol. The quantitative estimate of drug-likeness (QED) is 0.583. The van der Waals surface area contributed by atoms with Crippen LogP contribution in [0.4, 0.5) is 0 Å². The Morgan fingerprint density at radius 2 is 1.95 bits per heavy atom. The van der Waals surface area contributed by atoms with Crippen LogP contribution in [-0.4, -0.2) is 31.6 Å². The number of hydrogen-bond donors (Lipinski definition) is 1. The van der Waals surface area contributed by atoms with Crippen molar-refractivity contribution in [3.05, 3.63) is 30.3 Å². The average Bonchev–Trinajstić information content (AvgIpc) is 2.49. The average molecular weight is 279 g/mol. The summed E-state index contributed by atoms with van der Waals surface area (Å²) < 4.78 is 10.1. The zero-order valence-corrected chi connectivity index (χ0v) is 11.9. The van der Waals surface area contributed by atoms with Gasteiger partial charge < -0.3 is 14.8 Å². The fourth-order valence-electron chi connectivity index (χ4n) is 1.68. The Balaban J connectivity index is 2.21. The summed E-state index contributed by atoms with van der Waals surface area (Å²) in [6.07, 6.45) is 1.43. The number of para-hydroxylation sites is 1. The molecule has 0 radical (unpaired) electrons. The third-order valence-electron chi connectivity index (χ3n) is 2.79. The van der Waals surface area contributed by atoms with Gasteiger partial charge in [0.25, 0.3) is 0 Å². The van der Waals surface area contributed by atoms with Gasteiger partial charge in [0.1, 0.15) is 11.8 Å². The first-order valence-corrected chi connectivity index (χ1v) is 6.72. The van der Waals surface area contributed by atoms with Crippen LogP contribution in [0.5, 0.6) is 5.75 Å². The van der Waals surface area contributed by atoms with Crippen molar-refractivity contribution in [2.75, 3.05) is 13.7 Å². The second kappa shape index (κ2) is 8.96. The molecule has 0 spiro atoms. The van der Waals surface area contributed by atoms with Gasteiger partial charge in [-0.15, -0.1) is 0 Å². The van der Waals surface area contributed by atoms with E-state index in [1.807, 2.05) is 37.3 Å². The lowest BCUT2D eigenvalue weighted by molar-refractivity contribution is -0.145. The maximum Gasteiger partial charge on any atom is 0.328 e. The Kier molecular flexibility index (Phi) is 7.17. The number of nitrogens with one attached hydrogen (secondary N) is 1. The SMILES string of the molecule is CCC(NC(=O)CCCOc1ccccc1)C(=O)OC. The number of rotatable bonds is 8. The second-order valence-corrected chi connectivity index (χ2v) is 4.32. The number of carbonyl (C=O) groups is 2. The number of ether oxygens (including phenoxy) is 2. The molecule has 110 valence electrons. The molecule has 1 amide bonds. The molecule has 5 nitrogen and oxygen atoms in total. The summed E-state index contributed by atoms with van der Waals surface area (Å²) in [6, 6.07) is 8.86. The van der Waals surface area contributed by atoms with E-state index in [-0.39, 0.29) is 5.91 Å². The first-order chi connectivity index (χ1) is 9.67. The van der Waals surface area contributed by atoms with Gasteiger partial charge in [-0.1, -0.05) is 25.1 Å². The van der Waals surface area contributed by atoms with Gasteiger partial charge in [-0.3, -0.25) is 4.79 Å². The molecule has 0 aliphatic rings. The molecule has 1 atom stereocenters. The molecule has 1 rings (SSSR count). The van der Waals surface area contributed by atoms with Crippen LogP contribution >= 0.6 is 0 Å². The molecule has 5 heteroatoms. The van der Waals surface area contributed by atoms with Crippen LogP contribution in [0.15, 0.2) is 30.3 Å². The largest absolute Gasteiger partial charge is 0.494 e. The number of esters is 1. The molecule has 20 heavy (non-hydrogen) atoms. The fourth-order valence-corrected chi connectivity index (χ4v) is 1.68. The van der Waals surface area contributed by atoms with Crippen LogP contribution < -0.4 is 10.1 Å². The Morgan fingerprint density at radius 1 is 1.25 bits per heavy atom. The van der Waals surface area contributed by atoms with E-state index < -0.39 is 12.0 Å². The summed E-state index contributed by atoms with van der Waals surface area (Å²) in [5.41, 5.74) is 0. The summed E-state index contributed by atoms with van der Waals surface area (Å²) in [7, 11) is 1.31. The van der Waals surface area contributed by atoms with Crippen molar-refractivity contribution >= 4 is 11.9 Å². The van der Waals surface area contributed by atoms with Gasteiger partial charge in [0, 0.05) is 6.42 Å². The number of carbonyl (C=O) groups excluding carboxylic acids is 2. The smallest absolute Gasteiger partial charge is 0.328 e. The van der Waals surface area contributed by atoms with E-state index in [0.29, 0.717) is 25.9 Å². The van der Waals surface area contributed by atoms with Gasteiger partial charge in [-0.25, -0.2) is 4.79 Å². The summed E-state index contributed by atoms with van der Waals surface area (Å²) >= 11 is 0. The predicted octanol–water partition coefficient (Wildman–Crippen LogP) is 1.91. The highest BCUT2D eigenvalue weighted by Gasteiger charge is 2.18. The summed E-state index contributed by atoms with van der Waals surface area (Å²) in [5, 5.41) is 2.65. The zero-order valence-electron chi connectivity index (χ0n) is 11.9. The highest BCUT2D eigenvalue weighted by Crippen LogP contribution is 2.08. The highest BCUT2D eigenvalue weighted by atomic mass is 16.5. The van der Waals surface area contributed by atoms with Crippen LogP contribution in [0.1, 0.15) is 26.2 Å².